The predicted molar refractivity (Wildman–Crippen MR) is 58.6 cm³/mol. The van der Waals surface area contributed by atoms with Gasteiger partial charge in [-0.3, -0.25) is 0 Å². The topological polar surface area (TPSA) is 29.5 Å². The summed E-state index contributed by atoms with van der Waals surface area (Å²) in [5, 5.41) is 9.54. The van der Waals surface area contributed by atoms with Crippen molar-refractivity contribution in [3.05, 3.63) is 30.3 Å². The molecule has 0 amide bonds. The van der Waals surface area contributed by atoms with Gasteiger partial charge in [0.15, 0.2) is 0 Å². The molecule has 0 atom stereocenters. The van der Waals surface area contributed by atoms with E-state index in [0.717, 1.165) is 0 Å². The third-order valence-electron chi connectivity index (χ3n) is 1.66. The molecular weight excluding hydrogens is 176 g/mol. The Balaban J connectivity index is 3.08. The van der Waals surface area contributed by atoms with E-state index < -0.39 is 0 Å². The fraction of sp³-hybridized carbons (Fsp3) is 0.333. The lowest BCUT2D eigenvalue weighted by molar-refractivity contribution is 0.130. The standard InChI is InChI=1S/C12H16O2/c1-5-9-10(13)7-6-8-11(9)14-12(2,3)4/h5-8,13H,1H2,2-4H3. The van der Waals surface area contributed by atoms with Crippen molar-refractivity contribution in [2.75, 3.05) is 0 Å². The van der Waals surface area contributed by atoms with Gasteiger partial charge in [0.1, 0.15) is 17.1 Å². The lowest BCUT2D eigenvalue weighted by Gasteiger charge is -2.22. The van der Waals surface area contributed by atoms with Crippen molar-refractivity contribution < 1.29 is 9.84 Å². The number of phenols is 1. The van der Waals surface area contributed by atoms with Gasteiger partial charge in [-0.05, 0) is 32.9 Å². The second-order valence-electron chi connectivity index (χ2n) is 4.11. The minimum absolute atomic E-state index is 0.196. The normalized spacial score (nSPS) is 11.1. The van der Waals surface area contributed by atoms with Crippen LogP contribution in [0.4, 0.5) is 0 Å². The molecule has 0 saturated heterocycles. The number of aromatic hydroxyl groups is 1. The maximum Gasteiger partial charge on any atom is 0.131 e. The molecule has 1 aromatic carbocycles. The first-order valence-electron chi connectivity index (χ1n) is 4.57. The predicted octanol–water partition coefficient (Wildman–Crippen LogP) is 3.21. The number of benzene rings is 1. The molecule has 0 saturated carbocycles. The Morgan fingerprint density at radius 2 is 2.00 bits per heavy atom. The van der Waals surface area contributed by atoms with Crippen molar-refractivity contribution in [3.63, 3.8) is 0 Å². The Kier molecular flexibility index (Phi) is 2.84. The molecule has 0 aliphatic heterocycles. The zero-order valence-corrected chi connectivity index (χ0v) is 8.87. The van der Waals surface area contributed by atoms with Crippen LogP contribution in [0.1, 0.15) is 26.3 Å². The summed E-state index contributed by atoms with van der Waals surface area (Å²) in [4.78, 5) is 0. The SMILES string of the molecule is C=Cc1c(O)cccc1OC(C)(C)C. The molecule has 1 aromatic rings. The molecular formula is C12H16O2. The highest BCUT2D eigenvalue weighted by Crippen LogP contribution is 2.30. The van der Waals surface area contributed by atoms with Crippen LogP contribution in [0.5, 0.6) is 11.5 Å². The first kappa shape index (κ1) is 10.6. The second-order valence-corrected chi connectivity index (χ2v) is 4.11. The van der Waals surface area contributed by atoms with Gasteiger partial charge < -0.3 is 9.84 Å². The molecule has 0 bridgehead atoms. The molecule has 0 aliphatic rings. The summed E-state index contributed by atoms with van der Waals surface area (Å²) in [7, 11) is 0. The van der Waals surface area contributed by atoms with Gasteiger partial charge in [-0.25, -0.2) is 0 Å². The molecule has 0 aromatic heterocycles. The first-order chi connectivity index (χ1) is 6.44. The lowest BCUT2D eigenvalue weighted by Crippen LogP contribution is -2.23. The minimum Gasteiger partial charge on any atom is -0.507 e. The molecule has 2 nitrogen and oxygen atoms in total. The average Bonchev–Trinajstić information content (AvgIpc) is 2.01. The number of hydrogen-bond acceptors (Lipinski definition) is 2. The smallest absolute Gasteiger partial charge is 0.131 e. The summed E-state index contributed by atoms with van der Waals surface area (Å²) in [6.07, 6.45) is 1.59. The third-order valence-corrected chi connectivity index (χ3v) is 1.66. The van der Waals surface area contributed by atoms with Crippen molar-refractivity contribution in [1.29, 1.82) is 0 Å². The van der Waals surface area contributed by atoms with E-state index in [9.17, 15) is 5.11 Å². The highest BCUT2D eigenvalue weighted by atomic mass is 16.5. The molecule has 76 valence electrons. The zero-order valence-electron chi connectivity index (χ0n) is 8.87. The minimum atomic E-state index is -0.272. The van der Waals surface area contributed by atoms with Crippen LogP contribution in [0.2, 0.25) is 0 Å². The molecule has 0 unspecified atom stereocenters. The van der Waals surface area contributed by atoms with Crippen LogP contribution in [0.3, 0.4) is 0 Å². The van der Waals surface area contributed by atoms with Gasteiger partial charge in [0.05, 0.1) is 5.56 Å². The van der Waals surface area contributed by atoms with Gasteiger partial charge in [0.25, 0.3) is 0 Å². The van der Waals surface area contributed by atoms with Crippen molar-refractivity contribution in [2.24, 2.45) is 0 Å². The van der Waals surface area contributed by atoms with Crippen molar-refractivity contribution in [2.45, 2.75) is 26.4 Å². The summed E-state index contributed by atoms with van der Waals surface area (Å²) in [5.41, 5.74) is 0.369. The van der Waals surface area contributed by atoms with Gasteiger partial charge >= 0.3 is 0 Å². The fourth-order valence-electron chi connectivity index (χ4n) is 1.16. The van der Waals surface area contributed by atoms with E-state index in [1.165, 1.54) is 0 Å². The summed E-state index contributed by atoms with van der Waals surface area (Å²) in [5.74, 6) is 0.856. The molecule has 0 aliphatic carbocycles. The monoisotopic (exact) mass is 192 g/mol. The molecule has 2 heteroatoms. The van der Waals surface area contributed by atoms with Gasteiger partial charge in [-0.15, -0.1) is 0 Å². The van der Waals surface area contributed by atoms with Crippen LogP contribution in [0.15, 0.2) is 24.8 Å². The van der Waals surface area contributed by atoms with Gasteiger partial charge in [-0.2, -0.15) is 0 Å². The van der Waals surface area contributed by atoms with Crippen LogP contribution < -0.4 is 4.74 Å². The van der Waals surface area contributed by atoms with E-state index in [1.54, 1.807) is 18.2 Å². The highest BCUT2D eigenvalue weighted by molar-refractivity contribution is 5.62. The largest absolute Gasteiger partial charge is 0.507 e. The quantitative estimate of drug-likeness (QED) is 0.779. The third kappa shape index (κ3) is 2.52. The van der Waals surface area contributed by atoms with Crippen LogP contribution in [-0.4, -0.2) is 10.7 Å². The van der Waals surface area contributed by atoms with E-state index in [-0.39, 0.29) is 11.4 Å². The molecule has 1 N–H and O–H groups in total. The maximum absolute atomic E-state index is 9.54. The van der Waals surface area contributed by atoms with Crippen molar-refractivity contribution in [1.82, 2.24) is 0 Å². The summed E-state index contributed by atoms with van der Waals surface area (Å²) < 4.78 is 5.67. The summed E-state index contributed by atoms with van der Waals surface area (Å²) >= 11 is 0. The Labute approximate surface area is 84.8 Å². The molecule has 1 rings (SSSR count). The fourth-order valence-corrected chi connectivity index (χ4v) is 1.16. The number of ether oxygens (including phenoxy) is 1. The Bertz CT molecular complexity index is 335. The Morgan fingerprint density at radius 3 is 2.50 bits per heavy atom. The van der Waals surface area contributed by atoms with E-state index in [2.05, 4.69) is 6.58 Å². The van der Waals surface area contributed by atoms with Crippen LogP contribution in [-0.2, 0) is 0 Å². The Hall–Kier alpha value is -1.44. The van der Waals surface area contributed by atoms with Crippen LogP contribution in [0.25, 0.3) is 6.08 Å². The number of hydrogen-bond donors (Lipinski definition) is 1. The molecule has 0 radical (unpaired) electrons. The average molecular weight is 192 g/mol. The Morgan fingerprint density at radius 1 is 1.36 bits per heavy atom. The number of rotatable bonds is 2. The summed E-state index contributed by atoms with van der Waals surface area (Å²) in [6, 6.07) is 5.19. The van der Waals surface area contributed by atoms with E-state index in [4.69, 9.17) is 4.74 Å². The van der Waals surface area contributed by atoms with E-state index >= 15 is 0 Å². The first-order valence-corrected chi connectivity index (χ1v) is 4.57. The molecule has 14 heavy (non-hydrogen) atoms. The van der Waals surface area contributed by atoms with Crippen LogP contribution >= 0.6 is 0 Å². The van der Waals surface area contributed by atoms with E-state index in [0.29, 0.717) is 11.3 Å². The van der Waals surface area contributed by atoms with Gasteiger partial charge in [-0.1, -0.05) is 18.7 Å². The zero-order chi connectivity index (χ0) is 10.8. The highest BCUT2D eigenvalue weighted by Gasteiger charge is 2.14. The van der Waals surface area contributed by atoms with Crippen LogP contribution in [0, 0.1) is 0 Å². The molecule has 0 fully saturated rings. The van der Waals surface area contributed by atoms with Gasteiger partial charge in [0, 0.05) is 0 Å². The molecule has 0 spiro atoms. The lowest BCUT2D eigenvalue weighted by atomic mass is 10.1. The van der Waals surface area contributed by atoms with Crippen molar-refractivity contribution >= 4 is 6.08 Å². The van der Waals surface area contributed by atoms with Gasteiger partial charge in [0.2, 0.25) is 0 Å². The second kappa shape index (κ2) is 3.74. The maximum atomic E-state index is 9.54. The van der Waals surface area contributed by atoms with Crippen molar-refractivity contribution in [3.8, 4) is 11.5 Å². The number of phenolic OH excluding ortho intramolecular Hbond substituents is 1. The van der Waals surface area contributed by atoms with E-state index in [1.807, 2.05) is 26.8 Å². The molecule has 0 heterocycles. The summed E-state index contributed by atoms with van der Waals surface area (Å²) in [6.45, 7) is 9.53.